The zero-order valence-electron chi connectivity index (χ0n) is 18.8. The van der Waals surface area contributed by atoms with Crippen molar-refractivity contribution in [2.75, 3.05) is 39.5 Å². The Hall–Kier alpha value is -3.83. The predicted octanol–water partition coefficient (Wildman–Crippen LogP) is 1.89. The number of morpholine rings is 1. The maximum atomic E-state index is 13.4. The molecule has 0 saturated carbocycles. The van der Waals surface area contributed by atoms with Gasteiger partial charge in [-0.15, -0.1) is 5.10 Å². The van der Waals surface area contributed by atoms with Crippen LogP contribution in [-0.2, 0) is 11.3 Å². The van der Waals surface area contributed by atoms with Crippen molar-refractivity contribution in [2.45, 2.75) is 12.6 Å². The monoisotopic (exact) mass is 478 g/mol. The molecule has 180 valence electrons. The maximum absolute atomic E-state index is 13.4. The van der Waals surface area contributed by atoms with Crippen molar-refractivity contribution in [3.63, 3.8) is 0 Å². The second-order valence-corrected chi connectivity index (χ2v) is 8.51. The van der Waals surface area contributed by atoms with Crippen LogP contribution in [0.3, 0.4) is 0 Å². The zero-order valence-corrected chi connectivity index (χ0v) is 18.8. The molecule has 2 aromatic carbocycles. The van der Waals surface area contributed by atoms with E-state index in [4.69, 9.17) is 14.2 Å². The van der Waals surface area contributed by atoms with Crippen molar-refractivity contribution >= 4 is 10.9 Å². The first-order chi connectivity index (χ1) is 17.2. The number of H-pyrrole nitrogens is 1. The Morgan fingerprint density at radius 1 is 1.00 bits per heavy atom. The molecule has 4 heterocycles. The third-order valence-corrected chi connectivity index (χ3v) is 6.29. The van der Waals surface area contributed by atoms with Gasteiger partial charge in [-0.3, -0.25) is 9.69 Å². The third kappa shape index (κ3) is 4.24. The van der Waals surface area contributed by atoms with Crippen molar-refractivity contribution in [2.24, 2.45) is 0 Å². The van der Waals surface area contributed by atoms with Crippen LogP contribution in [0.2, 0.25) is 0 Å². The predicted molar refractivity (Wildman–Crippen MR) is 123 cm³/mol. The highest BCUT2D eigenvalue weighted by Crippen LogP contribution is 2.35. The number of aromatic nitrogens is 5. The SMILES string of the molecule is O=c1[nH]c2cc3c(cc2cc1[C@H](c1nnnn1Cc1ccc(F)cc1)N1CCOCC1)OCCO3. The Morgan fingerprint density at radius 2 is 1.74 bits per heavy atom. The van der Waals surface area contributed by atoms with Crippen LogP contribution in [0, 0.1) is 5.82 Å². The van der Waals surface area contributed by atoms with Gasteiger partial charge in [0.1, 0.15) is 25.1 Å². The number of pyridine rings is 1. The number of fused-ring (bicyclic) bond motifs is 2. The van der Waals surface area contributed by atoms with E-state index in [0.717, 1.165) is 10.9 Å². The fraction of sp³-hybridized carbons (Fsp3) is 0.333. The first-order valence-electron chi connectivity index (χ1n) is 11.4. The molecule has 2 aromatic heterocycles. The minimum Gasteiger partial charge on any atom is -0.486 e. The average molecular weight is 478 g/mol. The van der Waals surface area contributed by atoms with Crippen LogP contribution in [0.5, 0.6) is 11.5 Å². The molecule has 0 unspecified atom stereocenters. The summed E-state index contributed by atoms with van der Waals surface area (Å²) in [5.41, 5.74) is 1.79. The van der Waals surface area contributed by atoms with E-state index >= 15 is 0 Å². The summed E-state index contributed by atoms with van der Waals surface area (Å²) in [6, 6.07) is 11.2. The summed E-state index contributed by atoms with van der Waals surface area (Å²) in [6.45, 7) is 3.60. The van der Waals surface area contributed by atoms with Crippen molar-refractivity contribution in [3.05, 3.63) is 75.6 Å². The summed E-state index contributed by atoms with van der Waals surface area (Å²) in [6.07, 6.45) is 0. The van der Waals surface area contributed by atoms with Gasteiger partial charge >= 0.3 is 0 Å². The van der Waals surface area contributed by atoms with E-state index < -0.39 is 6.04 Å². The van der Waals surface area contributed by atoms with Gasteiger partial charge in [-0.1, -0.05) is 12.1 Å². The largest absolute Gasteiger partial charge is 0.486 e. The van der Waals surface area contributed by atoms with Crippen molar-refractivity contribution in [1.82, 2.24) is 30.1 Å². The molecule has 4 aromatic rings. The smallest absolute Gasteiger partial charge is 0.253 e. The molecule has 0 aliphatic carbocycles. The highest BCUT2D eigenvalue weighted by molar-refractivity contribution is 5.83. The number of hydrogen-bond donors (Lipinski definition) is 1. The molecule has 35 heavy (non-hydrogen) atoms. The van der Waals surface area contributed by atoms with Gasteiger partial charge in [0.05, 0.1) is 25.3 Å². The summed E-state index contributed by atoms with van der Waals surface area (Å²) in [5.74, 6) is 1.47. The summed E-state index contributed by atoms with van der Waals surface area (Å²) in [4.78, 5) is 18.5. The van der Waals surface area contributed by atoms with E-state index in [1.165, 1.54) is 12.1 Å². The molecule has 1 saturated heterocycles. The highest BCUT2D eigenvalue weighted by atomic mass is 19.1. The molecular formula is C24H23FN6O4. The first-order valence-corrected chi connectivity index (χ1v) is 11.4. The van der Waals surface area contributed by atoms with Gasteiger partial charge in [0.25, 0.3) is 5.56 Å². The van der Waals surface area contributed by atoms with E-state index in [0.29, 0.717) is 74.5 Å². The Morgan fingerprint density at radius 3 is 2.51 bits per heavy atom. The van der Waals surface area contributed by atoms with Crippen LogP contribution in [0.15, 0.2) is 47.3 Å². The fourth-order valence-corrected chi connectivity index (χ4v) is 4.58. The van der Waals surface area contributed by atoms with Crippen molar-refractivity contribution < 1.29 is 18.6 Å². The van der Waals surface area contributed by atoms with Crippen molar-refractivity contribution in [1.29, 1.82) is 0 Å². The molecule has 2 aliphatic rings. The van der Waals surface area contributed by atoms with Crippen LogP contribution >= 0.6 is 0 Å². The van der Waals surface area contributed by atoms with Crippen LogP contribution in [-0.4, -0.2) is 69.6 Å². The second kappa shape index (κ2) is 9.08. The minimum absolute atomic E-state index is 0.234. The lowest BCUT2D eigenvalue weighted by Crippen LogP contribution is -2.42. The number of ether oxygens (including phenoxy) is 3. The number of benzene rings is 2. The molecule has 1 atom stereocenters. The lowest BCUT2D eigenvalue weighted by Gasteiger charge is -2.33. The number of rotatable bonds is 5. The maximum Gasteiger partial charge on any atom is 0.253 e. The molecular weight excluding hydrogens is 455 g/mol. The molecule has 10 nitrogen and oxygen atoms in total. The quantitative estimate of drug-likeness (QED) is 0.464. The third-order valence-electron chi connectivity index (χ3n) is 6.29. The molecule has 0 spiro atoms. The van der Waals surface area contributed by atoms with Crippen molar-refractivity contribution in [3.8, 4) is 11.5 Å². The number of nitrogens with zero attached hydrogens (tertiary/aromatic N) is 5. The lowest BCUT2D eigenvalue weighted by molar-refractivity contribution is 0.0214. The molecule has 2 aliphatic heterocycles. The van der Waals surface area contributed by atoms with E-state index in [2.05, 4.69) is 25.4 Å². The van der Waals surface area contributed by atoms with Gasteiger partial charge in [-0.05, 0) is 40.3 Å². The Labute approximate surface area is 199 Å². The lowest BCUT2D eigenvalue weighted by atomic mass is 10.0. The Kier molecular flexibility index (Phi) is 5.63. The van der Waals surface area contributed by atoms with Gasteiger partial charge in [-0.25, -0.2) is 9.07 Å². The molecule has 11 heteroatoms. The number of tetrazole rings is 1. The first kappa shape index (κ1) is 21.7. The molecule has 0 bridgehead atoms. The number of nitrogens with one attached hydrogen (secondary N) is 1. The number of hydrogen-bond acceptors (Lipinski definition) is 8. The molecule has 0 radical (unpaired) electrons. The van der Waals surface area contributed by atoms with Gasteiger partial charge < -0.3 is 19.2 Å². The van der Waals surface area contributed by atoms with Crippen LogP contribution in [0.25, 0.3) is 10.9 Å². The average Bonchev–Trinajstić information content (AvgIpc) is 3.33. The van der Waals surface area contributed by atoms with Crippen LogP contribution < -0.4 is 15.0 Å². The van der Waals surface area contributed by atoms with Gasteiger partial charge in [0.2, 0.25) is 0 Å². The van der Waals surface area contributed by atoms with Crippen LogP contribution in [0.4, 0.5) is 4.39 Å². The number of halogens is 1. The summed E-state index contributed by atoms with van der Waals surface area (Å²) >= 11 is 0. The van der Waals surface area contributed by atoms with E-state index in [1.807, 2.05) is 12.1 Å². The minimum atomic E-state index is -0.504. The molecule has 0 amide bonds. The summed E-state index contributed by atoms with van der Waals surface area (Å²) in [7, 11) is 0. The van der Waals surface area contributed by atoms with Gasteiger partial charge in [0, 0.05) is 30.1 Å². The van der Waals surface area contributed by atoms with Gasteiger partial charge in [0.15, 0.2) is 17.3 Å². The van der Waals surface area contributed by atoms with E-state index in [-0.39, 0.29) is 11.4 Å². The second-order valence-electron chi connectivity index (χ2n) is 8.51. The highest BCUT2D eigenvalue weighted by Gasteiger charge is 2.32. The summed E-state index contributed by atoms with van der Waals surface area (Å²) < 4.78 is 32.0. The fourth-order valence-electron chi connectivity index (χ4n) is 4.58. The van der Waals surface area contributed by atoms with Crippen LogP contribution in [0.1, 0.15) is 23.0 Å². The molecule has 6 rings (SSSR count). The topological polar surface area (TPSA) is 107 Å². The van der Waals surface area contributed by atoms with Gasteiger partial charge in [-0.2, -0.15) is 0 Å². The number of aromatic amines is 1. The molecule has 1 N–H and O–H groups in total. The normalized spacial score (nSPS) is 16.9. The summed E-state index contributed by atoms with van der Waals surface area (Å²) in [5, 5.41) is 13.2. The van der Waals surface area contributed by atoms with E-state index in [9.17, 15) is 9.18 Å². The zero-order chi connectivity index (χ0) is 23.8. The standard InChI is InChI=1S/C24H23FN6O4/c25-17-3-1-15(2-4-17)14-31-23(27-28-29-31)22(30-5-7-33-8-6-30)18-11-16-12-20-21(35-10-9-34-20)13-19(16)26-24(18)32/h1-4,11-13,22H,5-10,14H2,(H,26,32)/t22-/m1/s1. The molecule has 1 fully saturated rings. The Bertz CT molecular complexity index is 1410. The Balaban J connectivity index is 1.45. The van der Waals surface area contributed by atoms with E-state index in [1.54, 1.807) is 22.9 Å².